The molecule has 0 fully saturated rings. The van der Waals surface area contributed by atoms with E-state index in [9.17, 15) is 14.0 Å². The smallest absolute Gasteiger partial charge is 0.255 e. The molecule has 6 heteroatoms. The second-order valence-electron chi connectivity index (χ2n) is 9.70. The molecule has 0 saturated heterocycles. The Kier molecular flexibility index (Phi) is 9.83. The highest BCUT2D eigenvalue weighted by molar-refractivity contribution is 6.05. The molecule has 38 heavy (non-hydrogen) atoms. The van der Waals surface area contributed by atoms with E-state index in [0.717, 1.165) is 29.1 Å². The van der Waals surface area contributed by atoms with Crippen LogP contribution in [0.15, 0.2) is 78.5 Å². The normalized spacial score (nSPS) is 11.4. The van der Waals surface area contributed by atoms with E-state index >= 15 is 0 Å². The Labute approximate surface area is 226 Å². The van der Waals surface area contributed by atoms with Crippen molar-refractivity contribution < 1.29 is 14.0 Å². The SMILES string of the molecule is C/C=C(/CC(C)C)N(c1ccc(F)cc1)c1cc(C(=O)Nc2ccc(C(=O)N(CC)CC)cc2)ccc1C. The number of nitrogens with zero attached hydrogens (tertiary/aromatic N) is 2. The Hall–Kier alpha value is -3.93. The predicted molar refractivity (Wildman–Crippen MR) is 155 cm³/mol. The molecule has 1 N–H and O–H groups in total. The van der Waals surface area contributed by atoms with E-state index in [0.29, 0.717) is 35.8 Å². The fourth-order valence-corrected chi connectivity index (χ4v) is 4.39. The second-order valence-corrected chi connectivity index (χ2v) is 9.70. The third kappa shape index (κ3) is 6.88. The van der Waals surface area contributed by atoms with Crippen LogP contribution >= 0.6 is 0 Å². The summed E-state index contributed by atoms with van der Waals surface area (Å²) < 4.78 is 13.7. The lowest BCUT2D eigenvalue weighted by Crippen LogP contribution is -2.30. The highest BCUT2D eigenvalue weighted by Gasteiger charge is 2.20. The van der Waals surface area contributed by atoms with Crippen LogP contribution in [-0.4, -0.2) is 29.8 Å². The molecule has 200 valence electrons. The number of benzene rings is 3. The Balaban J connectivity index is 1.92. The van der Waals surface area contributed by atoms with Crippen molar-refractivity contribution in [3.05, 3.63) is 101 Å². The molecule has 0 saturated carbocycles. The van der Waals surface area contributed by atoms with Gasteiger partial charge in [0.25, 0.3) is 11.8 Å². The van der Waals surface area contributed by atoms with Crippen LogP contribution in [0.2, 0.25) is 0 Å². The number of carbonyl (C=O) groups excluding carboxylic acids is 2. The maximum absolute atomic E-state index is 13.7. The zero-order valence-electron chi connectivity index (χ0n) is 23.2. The van der Waals surface area contributed by atoms with Gasteiger partial charge in [0, 0.05) is 47.0 Å². The van der Waals surface area contributed by atoms with Crippen molar-refractivity contribution in [2.75, 3.05) is 23.3 Å². The van der Waals surface area contributed by atoms with Crippen LogP contribution in [0.5, 0.6) is 0 Å². The van der Waals surface area contributed by atoms with Gasteiger partial charge in [-0.05, 0) is 106 Å². The summed E-state index contributed by atoms with van der Waals surface area (Å²) in [7, 11) is 0. The van der Waals surface area contributed by atoms with Crippen LogP contribution in [0.25, 0.3) is 0 Å². The van der Waals surface area contributed by atoms with Crippen molar-refractivity contribution in [2.45, 2.75) is 48.0 Å². The molecule has 0 bridgehead atoms. The van der Waals surface area contributed by atoms with Gasteiger partial charge in [-0.25, -0.2) is 4.39 Å². The number of aryl methyl sites for hydroxylation is 1. The summed E-state index contributed by atoms with van der Waals surface area (Å²) >= 11 is 0. The van der Waals surface area contributed by atoms with Crippen LogP contribution in [-0.2, 0) is 0 Å². The van der Waals surface area contributed by atoms with Gasteiger partial charge in [-0.15, -0.1) is 0 Å². The second kappa shape index (κ2) is 13.0. The average molecular weight is 516 g/mol. The van der Waals surface area contributed by atoms with E-state index in [1.807, 2.05) is 39.8 Å². The lowest BCUT2D eigenvalue weighted by atomic mass is 10.0. The summed E-state index contributed by atoms with van der Waals surface area (Å²) in [5.74, 6) is -0.168. The number of anilines is 3. The first kappa shape index (κ1) is 28.6. The Morgan fingerprint density at radius 1 is 0.921 bits per heavy atom. The summed E-state index contributed by atoms with van der Waals surface area (Å²) in [6, 6.07) is 19.0. The van der Waals surface area contributed by atoms with Crippen molar-refractivity contribution in [1.82, 2.24) is 4.90 Å². The zero-order valence-corrected chi connectivity index (χ0v) is 23.2. The van der Waals surface area contributed by atoms with Gasteiger partial charge in [-0.3, -0.25) is 9.59 Å². The number of carbonyl (C=O) groups is 2. The summed E-state index contributed by atoms with van der Waals surface area (Å²) in [5, 5.41) is 2.94. The van der Waals surface area contributed by atoms with E-state index in [1.54, 1.807) is 47.4 Å². The first-order chi connectivity index (χ1) is 18.2. The highest BCUT2D eigenvalue weighted by Crippen LogP contribution is 2.35. The van der Waals surface area contributed by atoms with Gasteiger partial charge in [0.05, 0.1) is 0 Å². The molecule has 3 rings (SSSR count). The number of hydrogen-bond acceptors (Lipinski definition) is 3. The first-order valence-electron chi connectivity index (χ1n) is 13.2. The van der Waals surface area contributed by atoms with Crippen molar-refractivity contribution in [1.29, 1.82) is 0 Å². The van der Waals surface area contributed by atoms with Crippen LogP contribution in [0.1, 0.15) is 67.3 Å². The molecule has 5 nitrogen and oxygen atoms in total. The van der Waals surface area contributed by atoms with E-state index < -0.39 is 0 Å². The molecule has 3 aromatic carbocycles. The van der Waals surface area contributed by atoms with Gasteiger partial charge in [0.2, 0.25) is 0 Å². The lowest BCUT2D eigenvalue weighted by Gasteiger charge is -2.30. The van der Waals surface area contributed by atoms with Gasteiger partial charge in [-0.2, -0.15) is 0 Å². The average Bonchev–Trinajstić information content (AvgIpc) is 2.91. The van der Waals surface area contributed by atoms with Crippen molar-refractivity contribution >= 4 is 28.9 Å². The lowest BCUT2D eigenvalue weighted by molar-refractivity contribution is 0.0773. The Morgan fingerprint density at radius 3 is 2.08 bits per heavy atom. The fraction of sp³-hybridized carbons (Fsp3) is 0.312. The van der Waals surface area contributed by atoms with Gasteiger partial charge in [-0.1, -0.05) is 26.0 Å². The molecule has 0 radical (unpaired) electrons. The molecular formula is C32H38FN3O2. The van der Waals surface area contributed by atoms with E-state index in [4.69, 9.17) is 0 Å². The molecular weight excluding hydrogens is 477 g/mol. The fourth-order valence-electron chi connectivity index (χ4n) is 4.39. The number of nitrogens with one attached hydrogen (secondary N) is 1. The van der Waals surface area contributed by atoms with Gasteiger partial charge >= 0.3 is 0 Å². The highest BCUT2D eigenvalue weighted by atomic mass is 19.1. The Morgan fingerprint density at radius 2 is 1.53 bits per heavy atom. The van der Waals surface area contributed by atoms with Crippen LogP contribution < -0.4 is 10.2 Å². The van der Waals surface area contributed by atoms with Gasteiger partial charge in [0.1, 0.15) is 5.82 Å². The summed E-state index contributed by atoms with van der Waals surface area (Å²) in [6.07, 6.45) is 2.89. The predicted octanol–water partition coefficient (Wildman–Crippen LogP) is 7.96. The molecule has 0 aromatic heterocycles. The summed E-state index contributed by atoms with van der Waals surface area (Å²) in [4.78, 5) is 29.7. The largest absolute Gasteiger partial charge is 0.339 e. The molecule has 2 amide bonds. The third-order valence-electron chi connectivity index (χ3n) is 6.48. The number of allylic oxidation sites excluding steroid dienone is 2. The van der Waals surface area contributed by atoms with Crippen molar-refractivity contribution in [2.24, 2.45) is 5.92 Å². The van der Waals surface area contributed by atoms with Gasteiger partial charge in [0.15, 0.2) is 0 Å². The van der Waals surface area contributed by atoms with E-state index in [-0.39, 0.29) is 17.6 Å². The molecule has 0 heterocycles. The van der Waals surface area contributed by atoms with Crippen LogP contribution in [0.4, 0.5) is 21.5 Å². The quantitative estimate of drug-likeness (QED) is 0.298. The molecule has 3 aromatic rings. The van der Waals surface area contributed by atoms with E-state index in [1.165, 1.54) is 12.1 Å². The number of halogens is 1. The first-order valence-corrected chi connectivity index (χ1v) is 13.2. The van der Waals surface area contributed by atoms with E-state index in [2.05, 4.69) is 30.1 Å². The molecule has 0 atom stereocenters. The van der Waals surface area contributed by atoms with Crippen LogP contribution in [0.3, 0.4) is 0 Å². The topological polar surface area (TPSA) is 52.7 Å². The molecule has 0 unspecified atom stereocenters. The standard InChI is InChI=1S/C32H38FN3O2/c1-7-28(20-22(4)5)36(29-18-14-26(33)15-19-29)30-21-25(11-10-23(30)6)31(37)34-27-16-12-24(13-17-27)32(38)35(8-2)9-3/h7,10-19,21-22H,8-9,20H2,1-6H3,(H,34,37)/b28-7-. The molecule has 0 aliphatic rings. The minimum Gasteiger partial charge on any atom is -0.339 e. The maximum atomic E-state index is 13.7. The number of rotatable bonds is 10. The Bertz CT molecular complexity index is 1280. The minimum atomic E-state index is -0.297. The molecule has 0 aliphatic carbocycles. The monoisotopic (exact) mass is 515 g/mol. The minimum absolute atomic E-state index is 0.0295. The zero-order chi connectivity index (χ0) is 27.8. The van der Waals surface area contributed by atoms with Crippen molar-refractivity contribution in [3.63, 3.8) is 0 Å². The molecule has 0 spiro atoms. The van der Waals surface area contributed by atoms with Crippen molar-refractivity contribution in [3.8, 4) is 0 Å². The number of hydrogen-bond donors (Lipinski definition) is 1. The maximum Gasteiger partial charge on any atom is 0.255 e. The summed E-state index contributed by atoms with van der Waals surface area (Å²) in [5.41, 5.74) is 5.45. The van der Waals surface area contributed by atoms with Gasteiger partial charge < -0.3 is 15.1 Å². The number of amides is 2. The third-order valence-corrected chi connectivity index (χ3v) is 6.48. The summed E-state index contributed by atoms with van der Waals surface area (Å²) in [6.45, 7) is 13.5. The molecule has 0 aliphatic heterocycles. The van der Waals surface area contributed by atoms with Crippen LogP contribution in [0, 0.1) is 18.7 Å².